The van der Waals surface area contributed by atoms with Gasteiger partial charge in [0.1, 0.15) is 0 Å². The van der Waals surface area contributed by atoms with Crippen LogP contribution in [0.5, 0.6) is 0 Å². The van der Waals surface area contributed by atoms with E-state index in [-0.39, 0.29) is 0 Å². The third-order valence-electron chi connectivity index (χ3n) is 1.54. The first-order valence-corrected chi connectivity index (χ1v) is 4.20. The molecule has 0 rings (SSSR count). The Morgan fingerprint density at radius 3 is 2.55 bits per heavy atom. The minimum Gasteiger partial charge on any atom is -0.127 e. The van der Waals surface area contributed by atoms with Crippen LogP contribution in [0.4, 0.5) is 0 Å². The zero-order valence-electron chi connectivity index (χ0n) is 8.02. The maximum atomic E-state index is 3.19. The zero-order valence-corrected chi connectivity index (χ0v) is 8.02. The van der Waals surface area contributed by atoms with E-state index < -0.39 is 0 Å². The SMILES string of the molecule is CC=C=C(C)CC(C)C=CC. The molecule has 0 amide bonds. The van der Waals surface area contributed by atoms with Crippen molar-refractivity contribution < 1.29 is 0 Å². The fourth-order valence-corrected chi connectivity index (χ4v) is 1.18. The van der Waals surface area contributed by atoms with Crippen molar-refractivity contribution in [3.05, 3.63) is 29.5 Å². The normalized spacial score (nSPS) is 12.7. The standard InChI is InChI=1S/C11H18/c1-5-7-10(3)9-11(4)8-6-2/h5-7,10H,9H2,1-4H3. The van der Waals surface area contributed by atoms with Crippen molar-refractivity contribution in [1.82, 2.24) is 0 Å². The second kappa shape index (κ2) is 6.00. The summed E-state index contributed by atoms with van der Waals surface area (Å²) in [6, 6.07) is 0. The highest BCUT2D eigenvalue weighted by molar-refractivity contribution is 5.01. The first kappa shape index (κ1) is 10.3. The van der Waals surface area contributed by atoms with Crippen LogP contribution in [-0.4, -0.2) is 0 Å². The largest absolute Gasteiger partial charge is 0.127 e. The van der Waals surface area contributed by atoms with Gasteiger partial charge in [0.15, 0.2) is 0 Å². The Morgan fingerprint density at radius 2 is 2.09 bits per heavy atom. The predicted octanol–water partition coefficient (Wildman–Crippen LogP) is 3.71. The van der Waals surface area contributed by atoms with Gasteiger partial charge in [-0.25, -0.2) is 0 Å². The molecule has 0 radical (unpaired) electrons. The smallest absolute Gasteiger partial charge is 0.0186 e. The molecule has 0 saturated carbocycles. The lowest BCUT2D eigenvalue weighted by molar-refractivity contribution is 0.716. The van der Waals surface area contributed by atoms with Gasteiger partial charge in [0.05, 0.1) is 0 Å². The lowest BCUT2D eigenvalue weighted by Gasteiger charge is -2.02. The van der Waals surface area contributed by atoms with Crippen LogP contribution in [0.15, 0.2) is 29.5 Å². The average molecular weight is 150 g/mol. The Hall–Kier alpha value is -0.740. The highest BCUT2D eigenvalue weighted by Gasteiger charge is 1.95. The van der Waals surface area contributed by atoms with E-state index in [1.54, 1.807) is 0 Å². The average Bonchev–Trinajstić information content (AvgIpc) is 1.87. The Bertz CT molecular complexity index is 178. The molecule has 0 N–H and O–H groups in total. The molecular weight excluding hydrogens is 132 g/mol. The van der Waals surface area contributed by atoms with E-state index in [2.05, 4.69) is 38.7 Å². The van der Waals surface area contributed by atoms with E-state index >= 15 is 0 Å². The first-order chi connectivity index (χ1) is 5.20. The van der Waals surface area contributed by atoms with E-state index in [0.29, 0.717) is 5.92 Å². The van der Waals surface area contributed by atoms with Crippen molar-refractivity contribution in [1.29, 1.82) is 0 Å². The van der Waals surface area contributed by atoms with Crippen LogP contribution in [0.3, 0.4) is 0 Å². The van der Waals surface area contributed by atoms with Crippen molar-refractivity contribution in [3.8, 4) is 0 Å². The van der Waals surface area contributed by atoms with Gasteiger partial charge in [-0.2, -0.15) is 0 Å². The van der Waals surface area contributed by atoms with Crippen molar-refractivity contribution >= 4 is 0 Å². The quantitative estimate of drug-likeness (QED) is 0.425. The Kier molecular flexibility index (Phi) is 5.60. The summed E-state index contributed by atoms with van der Waals surface area (Å²) in [6.07, 6.45) is 7.42. The molecule has 0 aliphatic heterocycles. The second-order valence-corrected chi connectivity index (χ2v) is 2.92. The molecule has 0 bridgehead atoms. The maximum Gasteiger partial charge on any atom is -0.0186 e. The molecule has 62 valence electrons. The van der Waals surface area contributed by atoms with Gasteiger partial charge in [-0.3, -0.25) is 0 Å². The summed E-state index contributed by atoms with van der Waals surface area (Å²) >= 11 is 0. The first-order valence-electron chi connectivity index (χ1n) is 4.20. The van der Waals surface area contributed by atoms with E-state index in [1.165, 1.54) is 5.57 Å². The minimum absolute atomic E-state index is 0.646. The Labute approximate surface area is 70.3 Å². The number of rotatable bonds is 3. The third kappa shape index (κ3) is 5.69. The molecule has 0 aliphatic carbocycles. The van der Waals surface area contributed by atoms with Crippen LogP contribution in [0.25, 0.3) is 0 Å². The predicted molar refractivity (Wildman–Crippen MR) is 51.5 cm³/mol. The second-order valence-electron chi connectivity index (χ2n) is 2.92. The van der Waals surface area contributed by atoms with Gasteiger partial charge in [0.2, 0.25) is 0 Å². The summed E-state index contributed by atoms with van der Waals surface area (Å²) < 4.78 is 0. The molecule has 1 unspecified atom stereocenters. The van der Waals surface area contributed by atoms with Gasteiger partial charge >= 0.3 is 0 Å². The maximum absolute atomic E-state index is 3.19. The molecule has 11 heavy (non-hydrogen) atoms. The van der Waals surface area contributed by atoms with Gasteiger partial charge in [0, 0.05) is 0 Å². The molecular formula is C11H18. The van der Waals surface area contributed by atoms with Crippen molar-refractivity contribution in [2.24, 2.45) is 5.92 Å². The molecule has 0 fully saturated rings. The highest BCUT2D eigenvalue weighted by Crippen LogP contribution is 2.10. The fraction of sp³-hybridized carbons (Fsp3) is 0.545. The molecule has 0 aromatic rings. The van der Waals surface area contributed by atoms with Crippen molar-refractivity contribution in [2.45, 2.75) is 34.1 Å². The Balaban J connectivity index is 3.94. The molecule has 0 nitrogen and oxygen atoms in total. The minimum atomic E-state index is 0.646. The van der Waals surface area contributed by atoms with Gasteiger partial charge in [0.25, 0.3) is 0 Å². The molecule has 0 aromatic heterocycles. The molecule has 0 spiro atoms. The molecule has 0 heterocycles. The molecule has 1 atom stereocenters. The van der Waals surface area contributed by atoms with Crippen molar-refractivity contribution in [3.63, 3.8) is 0 Å². The van der Waals surface area contributed by atoms with E-state index in [1.807, 2.05) is 13.0 Å². The van der Waals surface area contributed by atoms with Crippen LogP contribution in [-0.2, 0) is 0 Å². The number of hydrogen-bond donors (Lipinski definition) is 0. The highest BCUT2D eigenvalue weighted by atomic mass is 14.0. The third-order valence-corrected chi connectivity index (χ3v) is 1.54. The molecule has 0 aliphatic rings. The lowest BCUT2D eigenvalue weighted by atomic mass is 10.0. The van der Waals surface area contributed by atoms with Gasteiger partial charge in [-0.1, -0.05) is 19.1 Å². The van der Waals surface area contributed by atoms with Gasteiger partial charge in [-0.05, 0) is 44.8 Å². The molecule has 0 aromatic carbocycles. The summed E-state index contributed by atoms with van der Waals surface area (Å²) in [4.78, 5) is 0. The summed E-state index contributed by atoms with van der Waals surface area (Å²) in [6.45, 7) is 8.41. The van der Waals surface area contributed by atoms with E-state index in [9.17, 15) is 0 Å². The van der Waals surface area contributed by atoms with Gasteiger partial charge < -0.3 is 0 Å². The van der Waals surface area contributed by atoms with Crippen LogP contribution in [0, 0.1) is 5.92 Å². The lowest BCUT2D eigenvalue weighted by Crippen LogP contribution is -1.88. The topological polar surface area (TPSA) is 0 Å². The molecule has 0 heteroatoms. The summed E-state index contributed by atoms with van der Waals surface area (Å²) in [5.41, 5.74) is 4.52. The monoisotopic (exact) mass is 150 g/mol. The fourth-order valence-electron chi connectivity index (χ4n) is 1.18. The zero-order chi connectivity index (χ0) is 8.69. The van der Waals surface area contributed by atoms with E-state index in [0.717, 1.165) is 6.42 Å². The summed E-state index contributed by atoms with van der Waals surface area (Å²) in [5, 5.41) is 0. The molecule has 0 saturated heterocycles. The van der Waals surface area contributed by atoms with Crippen molar-refractivity contribution in [2.75, 3.05) is 0 Å². The number of hydrogen-bond acceptors (Lipinski definition) is 0. The van der Waals surface area contributed by atoms with Gasteiger partial charge in [-0.15, -0.1) is 5.73 Å². The van der Waals surface area contributed by atoms with Crippen LogP contribution >= 0.6 is 0 Å². The van der Waals surface area contributed by atoms with Crippen LogP contribution in [0.2, 0.25) is 0 Å². The summed E-state index contributed by atoms with van der Waals surface area (Å²) in [7, 11) is 0. The number of allylic oxidation sites excluding steroid dienone is 3. The summed E-state index contributed by atoms with van der Waals surface area (Å²) in [5.74, 6) is 0.646. The van der Waals surface area contributed by atoms with Crippen LogP contribution < -0.4 is 0 Å². The van der Waals surface area contributed by atoms with E-state index in [4.69, 9.17) is 0 Å². The van der Waals surface area contributed by atoms with Crippen LogP contribution in [0.1, 0.15) is 34.1 Å². The Morgan fingerprint density at radius 1 is 1.45 bits per heavy atom.